The van der Waals surface area contributed by atoms with Crippen LogP contribution in [0.25, 0.3) is 86.9 Å². The molecule has 0 nitrogen and oxygen atoms in total. The topological polar surface area (TPSA) is 0 Å². The molecule has 0 amide bonds. The molecule has 288 valence electrons. The third-order valence-corrected chi connectivity index (χ3v) is 11.0. The van der Waals surface area contributed by atoms with Crippen LogP contribution in [0.2, 0.25) is 0 Å². The van der Waals surface area contributed by atoms with Gasteiger partial charge < -0.3 is 20.3 Å². The summed E-state index contributed by atoms with van der Waals surface area (Å²) in [7, 11) is 0. The van der Waals surface area contributed by atoms with Crippen molar-refractivity contribution in [3.05, 3.63) is 195 Å². The minimum absolute atomic E-state index is 0. The van der Waals surface area contributed by atoms with Crippen molar-refractivity contribution < 1.29 is 25.8 Å². The van der Waals surface area contributed by atoms with Crippen molar-refractivity contribution in [1.82, 2.24) is 0 Å². The van der Waals surface area contributed by atoms with Crippen LogP contribution in [-0.2, 0) is 25.8 Å². The van der Waals surface area contributed by atoms with E-state index in [4.69, 9.17) is 0 Å². The van der Waals surface area contributed by atoms with Gasteiger partial charge in [0.2, 0.25) is 0 Å². The molecule has 0 heterocycles. The van der Waals surface area contributed by atoms with Gasteiger partial charge in [-0.2, -0.15) is 12.1 Å². The Hall–Kier alpha value is -4.53. The smallest absolute Gasteiger partial charge is 0.372 e. The van der Waals surface area contributed by atoms with E-state index >= 15 is 0 Å². The van der Waals surface area contributed by atoms with Gasteiger partial charge >= 0.3 is 25.8 Å². The molecule has 0 fully saturated rings. The number of benzene rings is 8. The number of rotatable bonds is 4. The molecule has 0 bridgehead atoms. The molecule has 3 heteroatoms. The average molecular weight is 960 g/mol. The number of fused-ring (bicyclic) bond motifs is 6. The summed E-state index contributed by atoms with van der Waals surface area (Å²) in [5.41, 5.74) is 8.20. The summed E-state index contributed by atoms with van der Waals surface area (Å²) in [6, 6.07) is 62.4. The van der Waals surface area contributed by atoms with Crippen molar-refractivity contribution in [2.45, 2.75) is 46.0 Å². The van der Waals surface area contributed by atoms with Crippen LogP contribution >= 0.6 is 24.8 Å². The van der Waals surface area contributed by atoms with Gasteiger partial charge in [0.05, 0.1) is 0 Å². The molecule has 0 aromatic heterocycles. The molecule has 0 radical (unpaired) electrons. The molecule has 0 spiro atoms. The van der Waals surface area contributed by atoms with E-state index in [1.165, 1.54) is 98.0 Å². The number of halogens is 2. The molecule has 0 atom stereocenters. The second-order valence-electron chi connectivity index (χ2n) is 15.2. The first-order valence-electron chi connectivity index (χ1n) is 19.6. The van der Waals surface area contributed by atoms with Crippen LogP contribution in [0.15, 0.2) is 170 Å². The first-order chi connectivity index (χ1) is 26.9. The van der Waals surface area contributed by atoms with Gasteiger partial charge in [-0.3, -0.25) is 0 Å². The summed E-state index contributed by atoms with van der Waals surface area (Å²) in [6.45, 7) is 15.8. The fraction of sp³-hybridized carbons (Fsp3) is 0.127. The standard InChI is InChI=1S/2C26H21.C3H6.2ClH.Hf/c2*1-17(2)21-15-20-10-7-13-24(25(20)16-21)26-22-11-5-3-8-18(22)14-19-9-4-6-12-23(19)26;1-3-2;;;/h2*3-17H,1-2H3;1-3H2;2*1H;/q2*-1;-2;;;+4. The zero-order chi connectivity index (χ0) is 38.1. The van der Waals surface area contributed by atoms with E-state index in [-0.39, 0.29) is 50.7 Å². The second-order valence-corrected chi connectivity index (χ2v) is 15.2. The van der Waals surface area contributed by atoms with Gasteiger partial charge in [-0.15, -0.1) is 93.9 Å². The molecular formula is C55H50Cl2Hf. The van der Waals surface area contributed by atoms with E-state index in [1.807, 2.05) is 0 Å². The van der Waals surface area contributed by atoms with Crippen molar-refractivity contribution in [2.75, 3.05) is 0 Å². The summed E-state index contributed by atoms with van der Waals surface area (Å²) in [5, 5.41) is 15.9. The molecule has 0 aliphatic carbocycles. The Kier molecular flexibility index (Phi) is 15.0. The first-order valence-corrected chi connectivity index (χ1v) is 19.6. The average Bonchev–Trinajstić information content (AvgIpc) is 3.86. The second kappa shape index (κ2) is 19.5. The largest absolute Gasteiger partial charge is 4.00 e. The summed E-state index contributed by atoms with van der Waals surface area (Å²) in [4.78, 5) is 0. The zero-order valence-corrected chi connectivity index (χ0v) is 39.0. The van der Waals surface area contributed by atoms with Gasteiger partial charge in [0, 0.05) is 0 Å². The van der Waals surface area contributed by atoms with E-state index in [2.05, 4.69) is 211 Å². The van der Waals surface area contributed by atoms with E-state index in [0.717, 1.165) is 6.42 Å². The third kappa shape index (κ3) is 8.60. The van der Waals surface area contributed by atoms with E-state index in [0.29, 0.717) is 11.8 Å². The maximum Gasteiger partial charge on any atom is 4.00 e. The summed E-state index contributed by atoms with van der Waals surface area (Å²) < 4.78 is 0. The minimum Gasteiger partial charge on any atom is -0.372 e. The molecule has 0 saturated carbocycles. The third-order valence-electron chi connectivity index (χ3n) is 11.0. The van der Waals surface area contributed by atoms with E-state index in [1.54, 1.807) is 0 Å². The van der Waals surface area contributed by atoms with Crippen LogP contribution in [0.3, 0.4) is 0 Å². The quantitative estimate of drug-likeness (QED) is 0.0937. The van der Waals surface area contributed by atoms with Gasteiger partial charge in [0.25, 0.3) is 0 Å². The predicted octanol–water partition coefficient (Wildman–Crippen LogP) is 17.2. The van der Waals surface area contributed by atoms with E-state index in [9.17, 15) is 0 Å². The Morgan fingerprint density at radius 1 is 0.397 bits per heavy atom. The SMILES string of the molecule is CC(C)c1cc2c(-c3c4ccccc4cc4ccccc34)cccc2[cH-]1.CC(C)c1cc2c(-c3c4ccccc4cc4ccccc34)cccc2[cH-]1.Cl.Cl.[CH2-]C[CH2-].[Hf+4]. The molecule has 10 aromatic carbocycles. The molecule has 10 aromatic rings. The van der Waals surface area contributed by atoms with Crippen molar-refractivity contribution in [3.63, 3.8) is 0 Å². The maximum atomic E-state index is 3.38. The van der Waals surface area contributed by atoms with Crippen LogP contribution < -0.4 is 0 Å². The number of hydrogen-bond acceptors (Lipinski definition) is 0. The number of hydrogen-bond donors (Lipinski definition) is 0. The Bertz CT molecular complexity index is 2630. The Balaban J connectivity index is 0.000000198. The molecular weight excluding hydrogens is 910 g/mol. The van der Waals surface area contributed by atoms with Crippen molar-refractivity contribution in [1.29, 1.82) is 0 Å². The molecule has 0 aliphatic rings. The van der Waals surface area contributed by atoms with Gasteiger partial charge in [-0.1, -0.05) is 148 Å². The summed E-state index contributed by atoms with van der Waals surface area (Å²) >= 11 is 0. The Morgan fingerprint density at radius 2 is 0.690 bits per heavy atom. The van der Waals surface area contributed by atoms with Crippen molar-refractivity contribution in [2.24, 2.45) is 0 Å². The van der Waals surface area contributed by atoms with Crippen LogP contribution in [0.1, 0.15) is 57.1 Å². The van der Waals surface area contributed by atoms with Crippen LogP contribution in [0.5, 0.6) is 0 Å². The Morgan fingerprint density at radius 3 is 0.983 bits per heavy atom. The minimum atomic E-state index is 0. The first kappa shape index (κ1) is 44.6. The maximum absolute atomic E-state index is 3.38. The molecule has 58 heavy (non-hydrogen) atoms. The zero-order valence-electron chi connectivity index (χ0n) is 33.8. The van der Waals surface area contributed by atoms with Crippen LogP contribution in [-0.4, -0.2) is 0 Å². The van der Waals surface area contributed by atoms with Gasteiger partial charge in [-0.05, 0) is 78.2 Å². The van der Waals surface area contributed by atoms with Crippen LogP contribution in [0, 0.1) is 13.8 Å². The fourth-order valence-electron chi connectivity index (χ4n) is 8.23. The molecule has 10 rings (SSSR count). The monoisotopic (exact) mass is 960 g/mol. The van der Waals surface area contributed by atoms with Crippen molar-refractivity contribution >= 4 is 89.4 Å². The normalized spacial score (nSPS) is 10.9. The van der Waals surface area contributed by atoms with Gasteiger partial charge in [0.1, 0.15) is 0 Å². The van der Waals surface area contributed by atoms with E-state index < -0.39 is 0 Å². The molecule has 0 saturated heterocycles. The summed E-state index contributed by atoms with van der Waals surface area (Å²) in [6.07, 6.45) is 0.750. The fourth-order valence-corrected chi connectivity index (χ4v) is 8.23. The van der Waals surface area contributed by atoms with Crippen molar-refractivity contribution in [3.8, 4) is 22.3 Å². The summed E-state index contributed by atoms with van der Waals surface area (Å²) in [5.74, 6) is 1.08. The molecule has 0 N–H and O–H groups in total. The van der Waals surface area contributed by atoms with Gasteiger partial charge in [0.15, 0.2) is 0 Å². The van der Waals surface area contributed by atoms with Crippen LogP contribution in [0.4, 0.5) is 0 Å². The Labute approximate surface area is 375 Å². The molecule has 0 aliphatic heterocycles. The molecule has 0 unspecified atom stereocenters. The van der Waals surface area contributed by atoms with Gasteiger partial charge in [-0.25, -0.2) is 0 Å². The predicted molar refractivity (Wildman–Crippen MR) is 258 cm³/mol.